The van der Waals surface area contributed by atoms with E-state index in [9.17, 15) is 0 Å². The summed E-state index contributed by atoms with van der Waals surface area (Å²) in [5.41, 5.74) is 1.54. The fourth-order valence-electron chi connectivity index (χ4n) is 1.61. The van der Waals surface area contributed by atoms with E-state index < -0.39 is 0 Å². The smallest absolute Gasteiger partial charge is 0.173 e. The molecule has 0 saturated carbocycles. The van der Waals surface area contributed by atoms with Gasteiger partial charge in [0, 0.05) is 0 Å². The zero-order valence-electron chi connectivity index (χ0n) is 8.34. The lowest BCUT2D eigenvalue weighted by atomic mass is 10.4. The van der Waals surface area contributed by atoms with Crippen LogP contribution >= 0.6 is 0 Å². The Morgan fingerprint density at radius 2 is 2.38 bits per heavy atom. The van der Waals surface area contributed by atoms with Gasteiger partial charge in [0.1, 0.15) is 11.3 Å². The van der Waals surface area contributed by atoms with Crippen LogP contribution in [0.5, 0.6) is 0 Å². The molecule has 0 bridgehead atoms. The monoisotopic (exact) mass is 215 g/mol. The van der Waals surface area contributed by atoms with Gasteiger partial charge in [0.2, 0.25) is 0 Å². The summed E-state index contributed by atoms with van der Waals surface area (Å²) in [5, 5.41) is 7.61. The summed E-state index contributed by atoms with van der Waals surface area (Å²) in [4.78, 5) is 11.0. The Morgan fingerprint density at radius 1 is 1.44 bits per heavy atom. The van der Waals surface area contributed by atoms with Gasteiger partial charge in [-0.2, -0.15) is 0 Å². The van der Waals surface area contributed by atoms with Gasteiger partial charge in [-0.1, -0.05) is 0 Å². The highest BCUT2D eigenvalue weighted by Crippen LogP contribution is 2.07. The van der Waals surface area contributed by atoms with E-state index in [2.05, 4.69) is 15.0 Å². The second kappa shape index (κ2) is 3.34. The zero-order valence-corrected chi connectivity index (χ0v) is 8.34. The van der Waals surface area contributed by atoms with E-state index in [1.54, 1.807) is 18.9 Å². The van der Waals surface area contributed by atoms with Crippen molar-refractivity contribution in [1.82, 2.24) is 19.5 Å². The first kappa shape index (κ1) is 8.90. The Hall–Kier alpha value is -2.37. The lowest BCUT2D eigenvalue weighted by Crippen LogP contribution is -2.13. The maximum absolute atomic E-state index is 7.61. The van der Waals surface area contributed by atoms with Gasteiger partial charge in [-0.25, -0.2) is 9.97 Å². The van der Waals surface area contributed by atoms with Gasteiger partial charge in [-0.15, -0.1) is 0 Å². The highest BCUT2D eigenvalue weighted by Gasteiger charge is 2.05. The Balaban J connectivity index is 2.14. The molecule has 0 aliphatic carbocycles. The average Bonchev–Trinajstić information content (AvgIpc) is 2.92. The molecular formula is C10H9N5O. The maximum Gasteiger partial charge on any atom is 0.173 e. The molecule has 0 aromatic carbocycles. The molecule has 0 amide bonds. The van der Waals surface area contributed by atoms with Crippen LogP contribution in [0.15, 0.2) is 35.5 Å². The van der Waals surface area contributed by atoms with Gasteiger partial charge in [-0.05, 0) is 12.1 Å². The molecule has 0 spiro atoms. The molecule has 0 atom stereocenters. The van der Waals surface area contributed by atoms with Gasteiger partial charge in [0.05, 0.1) is 25.5 Å². The average molecular weight is 215 g/mol. The van der Waals surface area contributed by atoms with E-state index >= 15 is 0 Å². The predicted molar refractivity (Wildman–Crippen MR) is 55.5 cm³/mol. The van der Waals surface area contributed by atoms with E-state index in [0.29, 0.717) is 17.7 Å². The summed E-state index contributed by atoms with van der Waals surface area (Å²) in [6.45, 7) is 0.557. The third-order valence-corrected chi connectivity index (χ3v) is 2.36. The Bertz CT molecular complexity index is 664. The van der Waals surface area contributed by atoms with Gasteiger partial charge in [-0.3, -0.25) is 5.41 Å². The van der Waals surface area contributed by atoms with E-state index in [0.717, 1.165) is 5.76 Å². The second-order valence-corrected chi connectivity index (χ2v) is 3.40. The number of nitrogens with one attached hydrogen (secondary N) is 2. The van der Waals surface area contributed by atoms with Crippen LogP contribution in [-0.2, 0) is 6.54 Å². The number of fused-ring (bicyclic) bond motifs is 1. The number of hydrogen-bond donors (Lipinski definition) is 2. The summed E-state index contributed by atoms with van der Waals surface area (Å²) in [5.74, 6) is 0.828. The third kappa shape index (κ3) is 1.31. The molecule has 3 aromatic heterocycles. The standard InChI is InChI=1S/C10H9N5O/c11-9-8-10(13-5-12-8)15(6-14-9)4-7-2-1-3-16-7/h1-3,5-6,11H,4H2,(H,12,13). The van der Waals surface area contributed by atoms with Crippen LogP contribution in [0.3, 0.4) is 0 Å². The minimum atomic E-state index is 0.197. The fraction of sp³-hybridized carbons (Fsp3) is 0.100. The van der Waals surface area contributed by atoms with E-state index in [1.807, 2.05) is 16.7 Å². The number of hydrogen-bond acceptors (Lipinski definition) is 4. The summed E-state index contributed by atoms with van der Waals surface area (Å²) < 4.78 is 7.10. The third-order valence-electron chi connectivity index (χ3n) is 2.36. The van der Waals surface area contributed by atoms with Crippen molar-refractivity contribution in [2.24, 2.45) is 0 Å². The van der Waals surface area contributed by atoms with Crippen molar-refractivity contribution >= 4 is 11.2 Å². The van der Waals surface area contributed by atoms with Crippen LogP contribution in [-0.4, -0.2) is 19.5 Å². The highest BCUT2D eigenvalue weighted by molar-refractivity contribution is 5.68. The molecule has 3 rings (SSSR count). The van der Waals surface area contributed by atoms with Gasteiger partial charge in [0.15, 0.2) is 11.1 Å². The number of furan rings is 1. The van der Waals surface area contributed by atoms with E-state index in [4.69, 9.17) is 9.83 Å². The molecule has 0 unspecified atom stereocenters. The van der Waals surface area contributed by atoms with Crippen LogP contribution < -0.4 is 5.49 Å². The Morgan fingerprint density at radius 3 is 3.19 bits per heavy atom. The summed E-state index contributed by atoms with van der Waals surface area (Å²) >= 11 is 0. The number of H-pyrrole nitrogens is 1. The molecule has 6 nitrogen and oxygen atoms in total. The normalized spacial score (nSPS) is 11.0. The number of rotatable bonds is 2. The van der Waals surface area contributed by atoms with Crippen LogP contribution in [0.4, 0.5) is 0 Å². The lowest BCUT2D eigenvalue weighted by Gasteiger charge is -2.03. The quantitative estimate of drug-likeness (QED) is 0.665. The molecule has 3 heterocycles. The van der Waals surface area contributed by atoms with Crippen molar-refractivity contribution < 1.29 is 4.42 Å². The van der Waals surface area contributed by atoms with Crippen molar-refractivity contribution in [2.45, 2.75) is 6.54 Å². The van der Waals surface area contributed by atoms with Gasteiger partial charge >= 0.3 is 0 Å². The van der Waals surface area contributed by atoms with Crippen molar-refractivity contribution in [3.05, 3.63) is 42.3 Å². The van der Waals surface area contributed by atoms with Gasteiger partial charge < -0.3 is 14.0 Å². The predicted octanol–water partition coefficient (Wildman–Crippen LogP) is 0.880. The first-order valence-electron chi connectivity index (χ1n) is 4.80. The molecule has 6 heteroatoms. The maximum atomic E-state index is 7.61. The molecule has 0 aliphatic rings. The van der Waals surface area contributed by atoms with Crippen LogP contribution in [0, 0.1) is 5.41 Å². The number of aromatic nitrogens is 4. The SMILES string of the molecule is N=c1ncn(Cc2ccco2)c2nc[nH]c12. The highest BCUT2D eigenvalue weighted by atomic mass is 16.3. The molecule has 3 aromatic rings. The molecule has 0 radical (unpaired) electrons. The van der Waals surface area contributed by atoms with E-state index in [1.165, 1.54) is 0 Å². The number of aromatic amines is 1. The van der Waals surface area contributed by atoms with Crippen molar-refractivity contribution in [3.63, 3.8) is 0 Å². The van der Waals surface area contributed by atoms with Crippen LogP contribution in [0.1, 0.15) is 5.76 Å². The number of nitrogens with zero attached hydrogens (tertiary/aromatic N) is 3. The molecule has 80 valence electrons. The van der Waals surface area contributed by atoms with Gasteiger partial charge in [0.25, 0.3) is 0 Å². The van der Waals surface area contributed by atoms with Crippen LogP contribution in [0.2, 0.25) is 0 Å². The minimum Gasteiger partial charge on any atom is -0.467 e. The largest absolute Gasteiger partial charge is 0.467 e. The zero-order chi connectivity index (χ0) is 11.0. The topological polar surface area (TPSA) is 83.5 Å². The first-order chi connectivity index (χ1) is 7.84. The Labute approximate surface area is 90.1 Å². The fourth-order valence-corrected chi connectivity index (χ4v) is 1.61. The molecule has 0 aliphatic heterocycles. The van der Waals surface area contributed by atoms with Crippen molar-refractivity contribution in [2.75, 3.05) is 0 Å². The van der Waals surface area contributed by atoms with E-state index in [-0.39, 0.29) is 5.49 Å². The van der Waals surface area contributed by atoms with Crippen molar-refractivity contribution in [1.29, 1.82) is 5.41 Å². The van der Waals surface area contributed by atoms with Crippen LogP contribution in [0.25, 0.3) is 11.2 Å². The Kier molecular flexibility index (Phi) is 1.86. The molecule has 0 saturated heterocycles. The summed E-state index contributed by atoms with van der Waals surface area (Å²) in [6.07, 6.45) is 4.78. The molecule has 2 N–H and O–H groups in total. The second-order valence-electron chi connectivity index (χ2n) is 3.40. The van der Waals surface area contributed by atoms with Crippen molar-refractivity contribution in [3.8, 4) is 0 Å². The number of imidazole rings is 1. The summed E-state index contributed by atoms with van der Waals surface area (Å²) in [7, 11) is 0. The minimum absolute atomic E-state index is 0.197. The lowest BCUT2D eigenvalue weighted by molar-refractivity contribution is 0.494. The molecule has 0 fully saturated rings. The summed E-state index contributed by atoms with van der Waals surface area (Å²) in [6, 6.07) is 3.73. The first-order valence-corrected chi connectivity index (χ1v) is 4.80. The molecular weight excluding hydrogens is 206 g/mol. The molecule has 16 heavy (non-hydrogen) atoms.